The average Bonchev–Trinajstić information content (AvgIpc) is 2.35. The lowest BCUT2D eigenvalue weighted by molar-refractivity contribution is -0.133. The van der Waals surface area contributed by atoms with E-state index in [1.165, 1.54) is 0 Å². The van der Waals surface area contributed by atoms with Crippen LogP contribution in [-0.2, 0) is 11.3 Å². The van der Waals surface area contributed by atoms with E-state index in [1.54, 1.807) is 11.0 Å². The molecule has 0 aliphatic carbocycles. The van der Waals surface area contributed by atoms with Gasteiger partial charge in [0, 0.05) is 12.2 Å². The molecular weight excluding hydrogens is 226 g/mol. The van der Waals surface area contributed by atoms with Crippen molar-refractivity contribution in [3.05, 3.63) is 42.2 Å². The van der Waals surface area contributed by atoms with Crippen LogP contribution in [0.15, 0.2) is 30.9 Å². The highest BCUT2D eigenvalue weighted by molar-refractivity contribution is 5.81. The van der Waals surface area contributed by atoms with Crippen molar-refractivity contribution in [1.82, 2.24) is 9.88 Å². The van der Waals surface area contributed by atoms with Crippen LogP contribution in [0.25, 0.3) is 0 Å². The quantitative estimate of drug-likeness (QED) is 0.777. The van der Waals surface area contributed by atoms with Crippen molar-refractivity contribution in [3.8, 4) is 0 Å². The van der Waals surface area contributed by atoms with Crippen molar-refractivity contribution < 1.29 is 4.79 Å². The Hall–Kier alpha value is -1.68. The van der Waals surface area contributed by atoms with Gasteiger partial charge in [0.2, 0.25) is 5.91 Å². The molecule has 0 aromatic carbocycles. The Balaban J connectivity index is 2.72. The molecule has 2 N–H and O–H groups in total. The van der Waals surface area contributed by atoms with Gasteiger partial charge in [0.15, 0.2) is 0 Å². The lowest BCUT2D eigenvalue weighted by atomic mass is 10.2. The molecular formula is C14H21N3O. The Kier molecular flexibility index (Phi) is 5.52. The van der Waals surface area contributed by atoms with Crippen molar-refractivity contribution in [2.45, 2.75) is 32.9 Å². The third kappa shape index (κ3) is 3.96. The summed E-state index contributed by atoms with van der Waals surface area (Å²) in [7, 11) is 0. The van der Waals surface area contributed by atoms with Gasteiger partial charge in [-0.3, -0.25) is 9.78 Å². The van der Waals surface area contributed by atoms with E-state index in [1.807, 2.05) is 32.0 Å². The molecule has 4 nitrogen and oxygen atoms in total. The number of amides is 1. The van der Waals surface area contributed by atoms with Crippen molar-refractivity contribution in [2.24, 2.45) is 5.73 Å². The van der Waals surface area contributed by atoms with Crippen LogP contribution < -0.4 is 5.73 Å². The summed E-state index contributed by atoms with van der Waals surface area (Å²) >= 11 is 0. The smallest absolute Gasteiger partial charge is 0.240 e. The molecule has 1 aromatic rings. The number of nitrogens with two attached hydrogens (primary N) is 1. The highest BCUT2D eigenvalue weighted by atomic mass is 16.2. The van der Waals surface area contributed by atoms with Gasteiger partial charge >= 0.3 is 0 Å². The zero-order valence-electron chi connectivity index (χ0n) is 11.1. The predicted octanol–water partition coefficient (Wildman–Crippen LogP) is 1.64. The molecule has 0 spiro atoms. The van der Waals surface area contributed by atoms with E-state index in [4.69, 9.17) is 5.73 Å². The summed E-state index contributed by atoms with van der Waals surface area (Å²) < 4.78 is 0. The molecule has 0 bridgehead atoms. The third-order valence-corrected chi connectivity index (χ3v) is 2.73. The Morgan fingerprint density at radius 2 is 2.33 bits per heavy atom. The maximum Gasteiger partial charge on any atom is 0.240 e. The third-order valence-electron chi connectivity index (χ3n) is 2.73. The van der Waals surface area contributed by atoms with Crippen molar-refractivity contribution >= 4 is 5.91 Å². The van der Waals surface area contributed by atoms with Crippen LogP contribution in [0.1, 0.15) is 24.7 Å². The summed E-state index contributed by atoms with van der Waals surface area (Å²) in [6.07, 6.45) is 2.16. The molecule has 4 heteroatoms. The van der Waals surface area contributed by atoms with Gasteiger partial charge in [0.1, 0.15) is 0 Å². The number of hydrogen-bond donors (Lipinski definition) is 1. The van der Waals surface area contributed by atoms with Crippen LogP contribution in [0.5, 0.6) is 0 Å². The predicted molar refractivity (Wildman–Crippen MR) is 72.9 cm³/mol. The normalized spacial score (nSPS) is 11.9. The summed E-state index contributed by atoms with van der Waals surface area (Å²) in [6, 6.07) is 5.29. The maximum atomic E-state index is 12.1. The molecule has 0 saturated heterocycles. The van der Waals surface area contributed by atoms with E-state index in [9.17, 15) is 4.79 Å². The van der Waals surface area contributed by atoms with Gasteiger partial charge < -0.3 is 10.6 Å². The Labute approximate surface area is 109 Å². The van der Waals surface area contributed by atoms with Gasteiger partial charge in [-0.2, -0.15) is 0 Å². The lowest BCUT2D eigenvalue weighted by Gasteiger charge is -2.23. The number of rotatable bonds is 6. The summed E-state index contributed by atoms with van der Waals surface area (Å²) in [5, 5.41) is 0. The lowest BCUT2D eigenvalue weighted by Crippen LogP contribution is -2.43. The van der Waals surface area contributed by atoms with Gasteiger partial charge in [-0.05, 0) is 32.4 Å². The summed E-state index contributed by atoms with van der Waals surface area (Å²) in [5.41, 5.74) is 7.64. The van der Waals surface area contributed by atoms with Crippen LogP contribution in [0.3, 0.4) is 0 Å². The van der Waals surface area contributed by atoms with Crippen molar-refractivity contribution in [3.63, 3.8) is 0 Å². The zero-order valence-corrected chi connectivity index (χ0v) is 11.1. The number of aromatic nitrogens is 1. The van der Waals surface area contributed by atoms with Crippen LogP contribution in [0, 0.1) is 6.92 Å². The van der Waals surface area contributed by atoms with E-state index in [0.717, 1.165) is 11.4 Å². The van der Waals surface area contributed by atoms with E-state index >= 15 is 0 Å². The van der Waals surface area contributed by atoms with Gasteiger partial charge in [0.25, 0.3) is 0 Å². The summed E-state index contributed by atoms with van der Waals surface area (Å²) in [5.74, 6) is -0.0549. The minimum atomic E-state index is -0.507. The first kappa shape index (κ1) is 14.4. The largest absolute Gasteiger partial charge is 0.336 e. The number of pyridine rings is 1. The van der Waals surface area contributed by atoms with Crippen LogP contribution in [0.4, 0.5) is 0 Å². The topological polar surface area (TPSA) is 59.2 Å². The molecule has 1 amide bonds. The second-order valence-electron chi connectivity index (χ2n) is 4.25. The van der Waals surface area contributed by atoms with Crippen molar-refractivity contribution in [2.75, 3.05) is 6.54 Å². The SMILES string of the molecule is C=CCC(N)C(=O)N(CC)Cc1cccc(C)n1. The molecule has 18 heavy (non-hydrogen) atoms. The Morgan fingerprint density at radius 3 is 2.89 bits per heavy atom. The minimum Gasteiger partial charge on any atom is -0.336 e. The molecule has 1 unspecified atom stereocenters. The average molecular weight is 247 g/mol. The Morgan fingerprint density at radius 1 is 1.61 bits per heavy atom. The van der Waals surface area contributed by atoms with E-state index in [-0.39, 0.29) is 5.91 Å². The maximum absolute atomic E-state index is 12.1. The first-order valence-corrected chi connectivity index (χ1v) is 6.16. The first-order valence-electron chi connectivity index (χ1n) is 6.16. The molecule has 1 heterocycles. The fraction of sp³-hybridized carbons (Fsp3) is 0.429. The van der Waals surface area contributed by atoms with Crippen LogP contribution in [0.2, 0.25) is 0 Å². The van der Waals surface area contributed by atoms with Crippen LogP contribution >= 0.6 is 0 Å². The number of likely N-dealkylation sites (N-methyl/N-ethyl adjacent to an activating group) is 1. The minimum absolute atomic E-state index is 0.0549. The van der Waals surface area contributed by atoms with Gasteiger partial charge in [-0.15, -0.1) is 6.58 Å². The molecule has 1 rings (SSSR count). The number of aryl methyl sites for hydroxylation is 1. The fourth-order valence-corrected chi connectivity index (χ4v) is 1.74. The van der Waals surface area contributed by atoms with Gasteiger partial charge in [0.05, 0.1) is 18.3 Å². The summed E-state index contributed by atoms with van der Waals surface area (Å²) in [6.45, 7) is 8.60. The molecule has 0 aliphatic heterocycles. The molecule has 1 atom stereocenters. The van der Waals surface area contributed by atoms with Crippen molar-refractivity contribution in [1.29, 1.82) is 0 Å². The van der Waals surface area contributed by atoms with Crippen LogP contribution in [-0.4, -0.2) is 28.4 Å². The standard InChI is InChI=1S/C14H21N3O/c1-4-7-13(15)14(18)17(5-2)10-12-9-6-8-11(3)16-12/h4,6,8-9,13H,1,5,7,10,15H2,2-3H3. The molecule has 0 aliphatic rings. The van der Waals surface area contributed by atoms with E-state index in [0.29, 0.717) is 19.5 Å². The molecule has 0 radical (unpaired) electrons. The highest BCUT2D eigenvalue weighted by Crippen LogP contribution is 2.06. The molecule has 1 aromatic heterocycles. The zero-order chi connectivity index (χ0) is 13.5. The highest BCUT2D eigenvalue weighted by Gasteiger charge is 2.19. The summed E-state index contributed by atoms with van der Waals surface area (Å²) in [4.78, 5) is 18.2. The second kappa shape index (κ2) is 6.91. The second-order valence-corrected chi connectivity index (χ2v) is 4.25. The monoisotopic (exact) mass is 247 g/mol. The van der Waals surface area contributed by atoms with Gasteiger partial charge in [-0.25, -0.2) is 0 Å². The number of hydrogen-bond acceptors (Lipinski definition) is 3. The number of carbonyl (C=O) groups is 1. The molecule has 0 fully saturated rings. The number of carbonyl (C=O) groups excluding carboxylic acids is 1. The molecule has 0 saturated carbocycles. The number of nitrogens with zero attached hydrogens (tertiary/aromatic N) is 2. The van der Waals surface area contributed by atoms with E-state index < -0.39 is 6.04 Å². The van der Waals surface area contributed by atoms with Gasteiger partial charge in [-0.1, -0.05) is 12.1 Å². The Bertz CT molecular complexity index is 417. The van der Waals surface area contributed by atoms with E-state index in [2.05, 4.69) is 11.6 Å². The first-order chi connectivity index (χ1) is 8.58. The molecule has 98 valence electrons. The fourth-order valence-electron chi connectivity index (χ4n) is 1.74.